The standard InChI is InChI=1S/C30H33ClN4O6S/c1-33(2)24-13-14-35(19-24)42(39,41-25-10-6-9-22(17-25)30(37)38)32-23-11-12-26(27(31)18-23)29(36)34-15-16-40-28(20-34)21-7-4-3-5-8-21/h3-12,17-18,24,28H,13-16,19-20H2,1-2H3,(H,37,38)/t24-,28+,42?/m0/s1. The predicted molar refractivity (Wildman–Crippen MR) is 160 cm³/mol. The van der Waals surface area contributed by atoms with Crippen molar-refractivity contribution in [2.45, 2.75) is 18.6 Å². The monoisotopic (exact) mass is 612 g/mol. The van der Waals surface area contributed by atoms with Gasteiger partial charge in [0.15, 0.2) is 0 Å². The predicted octanol–water partition coefficient (Wildman–Crippen LogP) is 4.90. The summed E-state index contributed by atoms with van der Waals surface area (Å²) in [6.07, 6.45) is 0.528. The minimum absolute atomic E-state index is 0.00497. The number of hydrogen-bond donors (Lipinski definition) is 1. The SMILES string of the molecule is CN(C)[C@H]1CCN(S(=O)(=Nc2ccc(C(=O)N3CCO[C@@H](c4ccccc4)C3)c(Cl)c2)Oc2cccc(C(=O)O)c2)C1. The summed E-state index contributed by atoms with van der Waals surface area (Å²) in [7, 11) is 0.387. The molecule has 1 N–H and O–H groups in total. The van der Waals surface area contributed by atoms with Gasteiger partial charge in [-0.2, -0.15) is 12.9 Å². The average Bonchev–Trinajstić information content (AvgIpc) is 3.50. The van der Waals surface area contributed by atoms with E-state index in [4.69, 9.17) is 20.5 Å². The molecule has 42 heavy (non-hydrogen) atoms. The normalized spacial score (nSPS) is 20.7. The van der Waals surface area contributed by atoms with E-state index in [1.165, 1.54) is 24.3 Å². The van der Waals surface area contributed by atoms with Crippen molar-refractivity contribution in [2.24, 2.45) is 4.36 Å². The number of ether oxygens (including phenoxy) is 1. The summed E-state index contributed by atoms with van der Waals surface area (Å²) in [5.74, 6) is -1.23. The summed E-state index contributed by atoms with van der Waals surface area (Å²) in [5, 5.41) is 9.57. The zero-order valence-corrected chi connectivity index (χ0v) is 25.0. The summed E-state index contributed by atoms with van der Waals surface area (Å²) < 4.78 is 32.4. The van der Waals surface area contributed by atoms with E-state index in [-0.39, 0.29) is 40.1 Å². The van der Waals surface area contributed by atoms with Crippen molar-refractivity contribution in [3.63, 3.8) is 0 Å². The Morgan fingerprint density at radius 3 is 2.52 bits per heavy atom. The molecular formula is C30H33ClN4O6S. The van der Waals surface area contributed by atoms with E-state index in [0.717, 1.165) is 12.0 Å². The number of carbonyl (C=O) groups is 2. The van der Waals surface area contributed by atoms with Crippen molar-refractivity contribution in [3.05, 3.63) is 94.5 Å². The van der Waals surface area contributed by atoms with Crippen LogP contribution in [-0.2, 0) is 14.9 Å². The van der Waals surface area contributed by atoms with Crippen LogP contribution in [0.1, 0.15) is 38.8 Å². The van der Waals surface area contributed by atoms with E-state index >= 15 is 0 Å². The number of carboxylic acid groups (broad SMARTS) is 1. The van der Waals surface area contributed by atoms with E-state index in [1.54, 1.807) is 27.4 Å². The van der Waals surface area contributed by atoms with Crippen LogP contribution in [0.2, 0.25) is 5.02 Å². The van der Waals surface area contributed by atoms with Gasteiger partial charge >= 0.3 is 5.97 Å². The van der Waals surface area contributed by atoms with Gasteiger partial charge in [0.05, 0.1) is 35.0 Å². The van der Waals surface area contributed by atoms with Crippen LogP contribution < -0.4 is 4.18 Å². The van der Waals surface area contributed by atoms with Crippen LogP contribution in [0.3, 0.4) is 0 Å². The number of morpholine rings is 1. The second-order valence-corrected chi connectivity index (χ2v) is 12.6. The molecule has 3 aromatic carbocycles. The molecule has 0 aromatic heterocycles. The Kier molecular flexibility index (Phi) is 9.14. The lowest BCUT2D eigenvalue weighted by Crippen LogP contribution is -2.42. The van der Waals surface area contributed by atoms with E-state index in [0.29, 0.717) is 38.3 Å². The molecule has 3 aromatic rings. The van der Waals surface area contributed by atoms with Crippen molar-refractivity contribution in [2.75, 3.05) is 46.9 Å². The average molecular weight is 613 g/mol. The van der Waals surface area contributed by atoms with E-state index < -0.39 is 16.2 Å². The number of benzene rings is 3. The summed E-state index contributed by atoms with van der Waals surface area (Å²) in [4.78, 5) is 28.7. The molecule has 222 valence electrons. The summed E-state index contributed by atoms with van der Waals surface area (Å²) in [5.41, 5.74) is 1.58. The number of halogens is 1. The van der Waals surface area contributed by atoms with Crippen molar-refractivity contribution >= 4 is 39.4 Å². The van der Waals surface area contributed by atoms with Crippen LogP contribution in [0.15, 0.2) is 77.2 Å². The second kappa shape index (κ2) is 12.8. The highest BCUT2D eigenvalue weighted by molar-refractivity contribution is 7.87. The molecule has 0 radical (unpaired) electrons. The Labute approximate surface area is 250 Å². The number of carboxylic acids is 1. The maximum Gasteiger partial charge on any atom is 0.335 e. The molecule has 0 bridgehead atoms. The van der Waals surface area contributed by atoms with E-state index in [2.05, 4.69) is 9.26 Å². The Morgan fingerprint density at radius 2 is 1.83 bits per heavy atom. The molecule has 5 rings (SSSR count). The number of aromatic carboxylic acids is 1. The maximum atomic E-state index is 14.4. The molecule has 1 amide bonds. The number of nitrogens with zero attached hydrogens (tertiary/aromatic N) is 4. The van der Waals surface area contributed by atoms with Crippen molar-refractivity contribution in [1.82, 2.24) is 14.1 Å². The van der Waals surface area contributed by atoms with Gasteiger partial charge in [-0.05, 0) is 62.5 Å². The molecule has 2 heterocycles. The number of likely N-dealkylation sites (N-methyl/N-ethyl adjacent to an activating group) is 1. The molecule has 0 saturated carbocycles. The maximum absolute atomic E-state index is 14.4. The number of amides is 1. The molecule has 3 atom stereocenters. The molecule has 0 spiro atoms. The van der Waals surface area contributed by atoms with Crippen molar-refractivity contribution < 1.29 is 27.8 Å². The first-order chi connectivity index (χ1) is 20.1. The lowest BCUT2D eigenvalue weighted by Gasteiger charge is -2.33. The number of rotatable bonds is 8. The van der Waals surface area contributed by atoms with Gasteiger partial charge in [-0.1, -0.05) is 48.0 Å². The molecule has 10 nitrogen and oxygen atoms in total. The van der Waals surface area contributed by atoms with Gasteiger partial charge in [-0.3, -0.25) is 4.79 Å². The van der Waals surface area contributed by atoms with Crippen LogP contribution in [0.4, 0.5) is 5.69 Å². The third-order valence-corrected chi connectivity index (χ3v) is 9.55. The zero-order chi connectivity index (χ0) is 29.9. The van der Waals surface area contributed by atoms with Gasteiger partial charge in [-0.15, -0.1) is 0 Å². The second-order valence-electron chi connectivity index (χ2n) is 10.4. The van der Waals surface area contributed by atoms with Gasteiger partial charge in [0, 0.05) is 25.7 Å². The van der Waals surface area contributed by atoms with Gasteiger partial charge in [0.2, 0.25) is 0 Å². The minimum atomic E-state index is -3.52. The summed E-state index contributed by atoms with van der Waals surface area (Å²) in [6.45, 7) is 2.14. The summed E-state index contributed by atoms with van der Waals surface area (Å²) in [6, 6.07) is 20.4. The molecule has 1 unspecified atom stereocenters. The molecule has 2 aliphatic rings. The molecule has 2 fully saturated rings. The molecule has 0 aliphatic carbocycles. The Hall–Kier alpha value is -3.48. The fourth-order valence-electron chi connectivity index (χ4n) is 5.02. The molecule has 2 aliphatic heterocycles. The van der Waals surface area contributed by atoms with Crippen molar-refractivity contribution in [1.29, 1.82) is 0 Å². The van der Waals surface area contributed by atoms with Crippen molar-refractivity contribution in [3.8, 4) is 5.75 Å². The molecule has 12 heteroatoms. The molecular weight excluding hydrogens is 580 g/mol. The fraction of sp³-hybridized carbons (Fsp3) is 0.333. The fourth-order valence-corrected chi connectivity index (χ4v) is 6.96. The lowest BCUT2D eigenvalue weighted by atomic mass is 10.1. The Bertz CT molecular complexity index is 1580. The topological polar surface area (TPSA) is 112 Å². The first-order valence-corrected chi connectivity index (χ1v) is 15.4. The van der Waals surface area contributed by atoms with Gasteiger partial charge in [0.1, 0.15) is 11.9 Å². The minimum Gasteiger partial charge on any atom is -0.478 e. The quantitative estimate of drug-likeness (QED) is 0.385. The first kappa shape index (κ1) is 30.0. The van der Waals surface area contributed by atoms with Crippen LogP contribution in [0, 0.1) is 0 Å². The third kappa shape index (κ3) is 6.77. The van der Waals surface area contributed by atoms with Crippen LogP contribution in [-0.4, -0.2) is 88.2 Å². The summed E-state index contributed by atoms with van der Waals surface area (Å²) >= 11 is 6.61. The van der Waals surface area contributed by atoms with E-state index in [9.17, 15) is 18.9 Å². The van der Waals surface area contributed by atoms with Gasteiger partial charge in [0.25, 0.3) is 16.1 Å². The highest BCUT2D eigenvalue weighted by atomic mass is 35.5. The Balaban J connectivity index is 1.42. The third-order valence-electron chi connectivity index (χ3n) is 7.40. The Morgan fingerprint density at radius 1 is 1.05 bits per heavy atom. The molecule has 2 saturated heterocycles. The van der Waals surface area contributed by atoms with Crippen LogP contribution in [0.25, 0.3) is 0 Å². The highest BCUT2D eigenvalue weighted by Gasteiger charge is 2.33. The van der Waals surface area contributed by atoms with Gasteiger partial charge < -0.3 is 23.8 Å². The lowest BCUT2D eigenvalue weighted by molar-refractivity contribution is -0.0228. The largest absolute Gasteiger partial charge is 0.478 e. The highest BCUT2D eigenvalue weighted by Crippen LogP contribution is 2.31. The van der Waals surface area contributed by atoms with E-state index in [1.807, 2.05) is 44.4 Å². The first-order valence-electron chi connectivity index (χ1n) is 13.6. The zero-order valence-electron chi connectivity index (χ0n) is 23.4. The number of carbonyl (C=O) groups excluding carboxylic acids is 1. The van der Waals surface area contributed by atoms with Crippen LogP contribution >= 0.6 is 11.6 Å². The smallest absolute Gasteiger partial charge is 0.335 e. The number of hydrogen-bond acceptors (Lipinski definition) is 7. The van der Waals surface area contributed by atoms with Crippen LogP contribution in [0.5, 0.6) is 5.75 Å². The van der Waals surface area contributed by atoms with Gasteiger partial charge in [-0.25, -0.2) is 4.79 Å².